The van der Waals surface area contributed by atoms with Gasteiger partial charge >= 0.3 is 0 Å². The Kier molecular flexibility index (Phi) is 6.52. The van der Waals surface area contributed by atoms with Crippen LogP contribution in [0.4, 0.5) is 15.2 Å². The monoisotopic (exact) mass is 563 g/mol. The maximum absolute atomic E-state index is 13.3. The van der Waals surface area contributed by atoms with Crippen molar-refractivity contribution in [2.45, 2.75) is 6.92 Å². The fourth-order valence-electron chi connectivity index (χ4n) is 4.90. The number of carbonyl (C=O) groups excluding carboxylic acids is 3. The Hall–Kier alpha value is -5.35. The summed E-state index contributed by atoms with van der Waals surface area (Å²) in [5.74, 6) is -1.69. The van der Waals surface area contributed by atoms with E-state index in [0.29, 0.717) is 38.5 Å². The second kappa shape index (κ2) is 10.3. The molecule has 8 nitrogen and oxygen atoms in total. The van der Waals surface area contributed by atoms with Gasteiger partial charge in [0.25, 0.3) is 17.7 Å². The average Bonchev–Trinajstić information content (AvgIpc) is 3.61. The summed E-state index contributed by atoms with van der Waals surface area (Å²) in [7, 11) is 0. The first-order valence-electron chi connectivity index (χ1n) is 12.6. The minimum absolute atomic E-state index is 0.309. The van der Waals surface area contributed by atoms with Crippen molar-refractivity contribution in [1.82, 2.24) is 9.97 Å². The minimum atomic E-state index is -0.591. The molecule has 3 amide bonds. The summed E-state index contributed by atoms with van der Waals surface area (Å²) in [5, 5.41) is 9.50. The highest BCUT2D eigenvalue weighted by molar-refractivity contribution is 7.13. The van der Waals surface area contributed by atoms with E-state index in [2.05, 4.69) is 20.6 Å². The normalized spacial score (nSPS) is 11.1. The van der Waals surface area contributed by atoms with E-state index in [1.807, 2.05) is 31.2 Å². The van der Waals surface area contributed by atoms with Gasteiger partial charge in [0.05, 0.1) is 11.1 Å². The van der Waals surface area contributed by atoms with Gasteiger partial charge in [-0.15, -0.1) is 11.3 Å². The third-order valence-electron chi connectivity index (χ3n) is 6.91. The molecule has 6 aromatic rings. The van der Waals surface area contributed by atoms with Crippen LogP contribution in [0.1, 0.15) is 36.6 Å². The number of anilines is 2. The number of H-pyrrole nitrogens is 1. The van der Waals surface area contributed by atoms with E-state index in [9.17, 15) is 18.8 Å². The van der Waals surface area contributed by atoms with E-state index in [0.717, 1.165) is 27.5 Å². The molecule has 202 valence electrons. The van der Waals surface area contributed by atoms with Crippen LogP contribution in [0, 0.1) is 12.7 Å². The van der Waals surface area contributed by atoms with E-state index in [-0.39, 0.29) is 11.8 Å². The van der Waals surface area contributed by atoms with Crippen molar-refractivity contribution in [2.24, 2.45) is 5.73 Å². The Bertz CT molecular complexity index is 1980. The summed E-state index contributed by atoms with van der Waals surface area (Å²) in [6, 6.07) is 19.6. The van der Waals surface area contributed by atoms with E-state index < -0.39 is 11.7 Å². The summed E-state index contributed by atoms with van der Waals surface area (Å²) in [4.78, 5) is 45.4. The molecule has 0 aliphatic carbocycles. The van der Waals surface area contributed by atoms with E-state index in [4.69, 9.17) is 5.73 Å². The van der Waals surface area contributed by atoms with Gasteiger partial charge < -0.3 is 16.0 Å². The quantitative estimate of drug-likeness (QED) is 0.184. The molecule has 0 saturated carbocycles. The topological polar surface area (TPSA) is 130 Å². The SMILES string of the molecule is Cc1c(NC(=O)c2ccc(F)cc2)cccc1-c1ccc(C(N)=O)c2[nH]c3cc(C(=O)Nc4nccs4)ccc3c12. The second-order valence-electron chi connectivity index (χ2n) is 9.39. The molecule has 0 radical (unpaired) electrons. The molecule has 0 fully saturated rings. The summed E-state index contributed by atoms with van der Waals surface area (Å²) in [6.07, 6.45) is 1.61. The van der Waals surface area contributed by atoms with Gasteiger partial charge in [0, 0.05) is 44.7 Å². The molecule has 2 heterocycles. The smallest absolute Gasteiger partial charge is 0.257 e. The van der Waals surface area contributed by atoms with Gasteiger partial charge in [-0.1, -0.05) is 24.3 Å². The number of aromatic amines is 1. The number of thiazole rings is 1. The molecule has 2 aromatic heterocycles. The molecule has 41 heavy (non-hydrogen) atoms. The van der Waals surface area contributed by atoms with Gasteiger partial charge in [-0.2, -0.15) is 0 Å². The lowest BCUT2D eigenvalue weighted by molar-refractivity contribution is 0.0997. The van der Waals surface area contributed by atoms with Crippen LogP contribution in [0.5, 0.6) is 0 Å². The lowest BCUT2D eigenvalue weighted by Crippen LogP contribution is -2.13. The van der Waals surface area contributed by atoms with Crippen LogP contribution in [0.3, 0.4) is 0 Å². The summed E-state index contributed by atoms with van der Waals surface area (Å²) in [5.41, 5.74) is 11.0. The number of rotatable bonds is 6. The number of hydrogen-bond acceptors (Lipinski definition) is 5. The highest BCUT2D eigenvalue weighted by atomic mass is 32.1. The number of primary amides is 1. The third kappa shape index (κ3) is 4.81. The molecule has 0 saturated heterocycles. The summed E-state index contributed by atoms with van der Waals surface area (Å²) < 4.78 is 13.3. The molecule has 0 bridgehead atoms. The van der Waals surface area contributed by atoms with Gasteiger partial charge in [0.15, 0.2) is 5.13 Å². The maximum atomic E-state index is 13.3. The largest absolute Gasteiger partial charge is 0.366 e. The van der Waals surface area contributed by atoms with E-state index in [1.165, 1.54) is 35.6 Å². The number of nitrogens with one attached hydrogen (secondary N) is 3. The average molecular weight is 564 g/mol. The number of carbonyl (C=O) groups is 3. The van der Waals surface area contributed by atoms with Crippen LogP contribution in [-0.4, -0.2) is 27.7 Å². The Balaban J connectivity index is 1.45. The number of hydrogen-bond donors (Lipinski definition) is 4. The molecule has 0 aliphatic heterocycles. The number of fused-ring (bicyclic) bond motifs is 3. The van der Waals surface area contributed by atoms with Gasteiger partial charge in [-0.05, 0) is 72.1 Å². The molecule has 4 aromatic carbocycles. The number of benzene rings is 4. The Morgan fingerprint density at radius 2 is 1.66 bits per heavy atom. The van der Waals surface area contributed by atoms with Gasteiger partial charge in [-0.25, -0.2) is 9.37 Å². The van der Waals surface area contributed by atoms with Crippen molar-refractivity contribution in [3.63, 3.8) is 0 Å². The van der Waals surface area contributed by atoms with Crippen molar-refractivity contribution >= 4 is 61.7 Å². The van der Waals surface area contributed by atoms with Gasteiger partial charge in [0.1, 0.15) is 5.82 Å². The highest BCUT2D eigenvalue weighted by Crippen LogP contribution is 2.39. The molecule has 5 N–H and O–H groups in total. The number of nitrogens with zero attached hydrogens (tertiary/aromatic N) is 1. The van der Waals surface area contributed by atoms with Crippen molar-refractivity contribution in [3.8, 4) is 11.1 Å². The zero-order valence-corrected chi connectivity index (χ0v) is 22.4. The van der Waals surface area contributed by atoms with Crippen LogP contribution < -0.4 is 16.4 Å². The summed E-state index contributed by atoms with van der Waals surface area (Å²) >= 11 is 1.32. The van der Waals surface area contributed by atoms with Crippen molar-refractivity contribution in [1.29, 1.82) is 0 Å². The molecule has 0 atom stereocenters. The molecule has 0 aliphatic rings. The van der Waals surface area contributed by atoms with Crippen LogP contribution >= 0.6 is 11.3 Å². The standard InChI is InChI=1S/C31H22FN5O3S/c1-16-20(3-2-4-24(16)36-29(39)17-5-8-19(32)9-6-17)21-11-12-23(28(33)38)27-26(21)22-10-7-18(15-25(22)35-27)30(40)37-31-34-13-14-41-31/h2-15,35H,1H3,(H2,33,38)(H,36,39)(H,34,37,40). The zero-order valence-electron chi connectivity index (χ0n) is 21.6. The Morgan fingerprint density at radius 3 is 2.39 bits per heavy atom. The fraction of sp³-hybridized carbons (Fsp3) is 0.0323. The molecule has 10 heteroatoms. The van der Waals surface area contributed by atoms with Crippen LogP contribution in [0.25, 0.3) is 32.9 Å². The molecule has 6 rings (SSSR count). The first-order valence-corrected chi connectivity index (χ1v) is 13.4. The van der Waals surface area contributed by atoms with Gasteiger partial charge in [0.2, 0.25) is 0 Å². The van der Waals surface area contributed by atoms with Crippen LogP contribution in [0.2, 0.25) is 0 Å². The first kappa shape index (κ1) is 25.9. The van der Waals surface area contributed by atoms with Crippen molar-refractivity contribution in [3.05, 3.63) is 112 Å². The zero-order chi connectivity index (χ0) is 28.7. The van der Waals surface area contributed by atoms with Gasteiger partial charge in [-0.3, -0.25) is 19.7 Å². The number of nitrogens with two attached hydrogens (primary N) is 1. The van der Waals surface area contributed by atoms with E-state index >= 15 is 0 Å². The summed E-state index contributed by atoms with van der Waals surface area (Å²) in [6.45, 7) is 1.89. The molecule has 0 unspecified atom stereocenters. The molecular formula is C31H22FN5O3S. The number of amides is 3. The fourth-order valence-corrected chi connectivity index (χ4v) is 5.42. The first-order chi connectivity index (χ1) is 19.8. The lowest BCUT2D eigenvalue weighted by atomic mass is 9.93. The van der Waals surface area contributed by atoms with Crippen LogP contribution in [-0.2, 0) is 0 Å². The number of halogens is 1. The van der Waals surface area contributed by atoms with Crippen molar-refractivity contribution < 1.29 is 18.8 Å². The Morgan fingerprint density at radius 1 is 0.902 bits per heavy atom. The predicted molar refractivity (Wildman–Crippen MR) is 159 cm³/mol. The molecular weight excluding hydrogens is 541 g/mol. The predicted octanol–water partition coefficient (Wildman–Crippen LogP) is 6.50. The highest BCUT2D eigenvalue weighted by Gasteiger charge is 2.20. The Labute approximate surface area is 237 Å². The van der Waals surface area contributed by atoms with E-state index in [1.54, 1.807) is 35.8 Å². The second-order valence-corrected chi connectivity index (χ2v) is 10.3. The lowest BCUT2D eigenvalue weighted by Gasteiger charge is -2.15. The van der Waals surface area contributed by atoms with Crippen LogP contribution in [0.15, 0.2) is 84.4 Å². The third-order valence-corrected chi connectivity index (χ3v) is 7.60. The maximum Gasteiger partial charge on any atom is 0.257 e. The number of aromatic nitrogens is 2. The molecule has 0 spiro atoms. The van der Waals surface area contributed by atoms with Crippen molar-refractivity contribution in [2.75, 3.05) is 10.6 Å². The minimum Gasteiger partial charge on any atom is -0.366 e.